The van der Waals surface area contributed by atoms with Gasteiger partial charge in [-0.3, -0.25) is 4.68 Å². The highest BCUT2D eigenvalue weighted by atomic mass is 79.9. The smallest absolute Gasteiger partial charge is 0.123 e. The predicted molar refractivity (Wildman–Crippen MR) is 77.4 cm³/mol. The van der Waals surface area contributed by atoms with Crippen molar-refractivity contribution in [2.24, 2.45) is 7.05 Å². The number of hydrogen-bond acceptors (Lipinski definition) is 2. The Morgan fingerprint density at radius 3 is 2.84 bits per heavy atom. The molecule has 1 atom stereocenters. The van der Waals surface area contributed by atoms with E-state index in [1.807, 2.05) is 19.3 Å². The van der Waals surface area contributed by atoms with Crippen LogP contribution in [0.2, 0.25) is 0 Å². The standard InChI is InChI=1S/C14H17BrFN3/c1-3-17-14(13-6-7-19(2)18-13)9-10-8-11(16)4-5-12(10)15/h4-8,14,17H,3,9H2,1-2H3. The van der Waals surface area contributed by atoms with Gasteiger partial charge in [-0.1, -0.05) is 22.9 Å². The van der Waals surface area contributed by atoms with Crippen molar-refractivity contribution in [1.82, 2.24) is 15.1 Å². The Bertz CT molecular complexity index is 553. The fraction of sp³-hybridized carbons (Fsp3) is 0.357. The summed E-state index contributed by atoms with van der Waals surface area (Å²) in [7, 11) is 1.89. The first kappa shape index (κ1) is 14.2. The number of aryl methyl sites for hydroxylation is 1. The van der Waals surface area contributed by atoms with Crippen molar-refractivity contribution >= 4 is 15.9 Å². The second-order valence-electron chi connectivity index (χ2n) is 4.46. The van der Waals surface area contributed by atoms with Crippen LogP contribution in [0.4, 0.5) is 4.39 Å². The third kappa shape index (κ3) is 3.64. The average Bonchev–Trinajstić information content (AvgIpc) is 2.80. The number of halogens is 2. The molecule has 19 heavy (non-hydrogen) atoms. The molecule has 5 heteroatoms. The number of benzene rings is 1. The SMILES string of the molecule is CCNC(Cc1cc(F)ccc1Br)c1ccn(C)n1. The third-order valence-corrected chi connectivity index (χ3v) is 3.75. The number of nitrogens with zero attached hydrogens (tertiary/aromatic N) is 2. The van der Waals surface area contributed by atoms with Crippen LogP contribution in [-0.2, 0) is 13.5 Å². The second-order valence-corrected chi connectivity index (χ2v) is 5.32. The van der Waals surface area contributed by atoms with Crippen LogP contribution in [0.5, 0.6) is 0 Å². The lowest BCUT2D eigenvalue weighted by atomic mass is 10.0. The topological polar surface area (TPSA) is 29.9 Å². The van der Waals surface area contributed by atoms with Crippen LogP contribution in [0.3, 0.4) is 0 Å². The molecule has 1 N–H and O–H groups in total. The van der Waals surface area contributed by atoms with E-state index in [0.29, 0.717) is 6.42 Å². The quantitative estimate of drug-likeness (QED) is 0.914. The van der Waals surface area contributed by atoms with Crippen LogP contribution in [0.1, 0.15) is 24.2 Å². The van der Waals surface area contributed by atoms with Gasteiger partial charge in [0.1, 0.15) is 5.82 Å². The summed E-state index contributed by atoms with van der Waals surface area (Å²) in [5.74, 6) is -0.213. The molecule has 1 unspecified atom stereocenters. The number of nitrogens with one attached hydrogen (secondary N) is 1. The summed E-state index contributed by atoms with van der Waals surface area (Å²) in [5.41, 5.74) is 1.91. The lowest BCUT2D eigenvalue weighted by Gasteiger charge is -2.16. The minimum Gasteiger partial charge on any atom is -0.309 e. The maximum Gasteiger partial charge on any atom is 0.123 e. The van der Waals surface area contributed by atoms with Gasteiger partial charge < -0.3 is 5.32 Å². The predicted octanol–water partition coefficient (Wildman–Crippen LogP) is 3.22. The van der Waals surface area contributed by atoms with Crippen molar-refractivity contribution in [1.29, 1.82) is 0 Å². The zero-order chi connectivity index (χ0) is 13.8. The Hall–Kier alpha value is -1.20. The van der Waals surface area contributed by atoms with Crippen LogP contribution in [-0.4, -0.2) is 16.3 Å². The van der Waals surface area contributed by atoms with Crippen molar-refractivity contribution < 1.29 is 4.39 Å². The van der Waals surface area contributed by atoms with E-state index in [0.717, 1.165) is 22.3 Å². The summed E-state index contributed by atoms with van der Waals surface area (Å²) in [6, 6.07) is 6.84. The first-order chi connectivity index (χ1) is 9.10. The van der Waals surface area contributed by atoms with E-state index in [1.54, 1.807) is 16.8 Å². The first-order valence-corrected chi connectivity index (χ1v) is 7.06. The van der Waals surface area contributed by atoms with Crippen molar-refractivity contribution in [3.8, 4) is 0 Å². The van der Waals surface area contributed by atoms with Crippen LogP contribution in [0.25, 0.3) is 0 Å². The molecule has 0 amide bonds. The zero-order valence-corrected chi connectivity index (χ0v) is 12.6. The Labute approximate surface area is 121 Å². The molecular formula is C14H17BrFN3. The van der Waals surface area contributed by atoms with Crippen LogP contribution < -0.4 is 5.32 Å². The minimum absolute atomic E-state index is 0.0873. The molecule has 1 heterocycles. The monoisotopic (exact) mass is 325 g/mol. The molecule has 102 valence electrons. The van der Waals surface area contributed by atoms with E-state index in [2.05, 4.69) is 33.3 Å². The highest BCUT2D eigenvalue weighted by molar-refractivity contribution is 9.10. The zero-order valence-electron chi connectivity index (χ0n) is 11.0. The van der Waals surface area contributed by atoms with E-state index in [4.69, 9.17) is 0 Å². The maximum atomic E-state index is 13.3. The van der Waals surface area contributed by atoms with E-state index >= 15 is 0 Å². The van der Waals surface area contributed by atoms with E-state index in [-0.39, 0.29) is 11.9 Å². The molecule has 0 fully saturated rings. The summed E-state index contributed by atoms with van der Waals surface area (Å²) in [4.78, 5) is 0. The van der Waals surface area contributed by atoms with Crippen molar-refractivity contribution in [3.63, 3.8) is 0 Å². The van der Waals surface area contributed by atoms with E-state index in [9.17, 15) is 4.39 Å². The number of aromatic nitrogens is 2. The van der Waals surface area contributed by atoms with Gasteiger partial charge in [0.2, 0.25) is 0 Å². The molecule has 0 aliphatic heterocycles. The van der Waals surface area contributed by atoms with Gasteiger partial charge in [0.25, 0.3) is 0 Å². The second kappa shape index (κ2) is 6.30. The number of likely N-dealkylation sites (N-methyl/N-ethyl adjacent to an activating group) is 1. The fourth-order valence-electron chi connectivity index (χ4n) is 2.07. The number of hydrogen-bond donors (Lipinski definition) is 1. The highest BCUT2D eigenvalue weighted by Gasteiger charge is 2.15. The molecule has 0 saturated heterocycles. The van der Waals surface area contributed by atoms with Gasteiger partial charge in [-0.2, -0.15) is 5.10 Å². The highest BCUT2D eigenvalue weighted by Crippen LogP contribution is 2.24. The first-order valence-electron chi connectivity index (χ1n) is 6.27. The molecular weight excluding hydrogens is 309 g/mol. The molecule has 3 nitrogen and oxygen atoms in total. The van der Waals surface area contributed by atoms with Crippen LogP contribution in [0.15, 0.2) is 34.9 Å². The molecule has 0 aliphatic rings. The van der Waals surface area contributed by atoms with Crippen LogP contribution >= 0.6 is 15.9 Å². The van der Waals surface area contributed by atoms with E-state index < -0.39 is 0 Å². The van der Waals surface area contributed by atoms with Crippen molar-refractivity contribution in [2.75, 3.05) is 6.54 Å². The lowest BCUT2D eigenvalue weighted by Crippen LogP contribution is -2.23. The number of rotatable bonds is 5. The summed E-state index contributed by atoms with van der Waals surface area (Å²) in [5, 5.41) is 7.81. The van der Waals surface area contributed by atoms with Gasteiger partial charge in [0.15, 0.2) is 0 Å². The van der Waals surface area contributed by atoms with Gasteiger partial charge in [0, 0.05) is 17.7 Å². The summed E-state index contributed by atoms with van der Waals surface area (Å²) in [6.45, 7) is 2.89. The average molecular weight is 326 g/mol. The molecule has 2 aromatic rings. The Morgan fingerprint density at radius 1 is 1.42 bits per heavy atom. The molecule has 1 aromatic carbocycles. The molecule has 0 radical (unpaired) electrons. The van der Waals surface area contributed by atoms with Gasteiger partial charge in [0.05, 0.1) is 11.7 Å². The molecule has 0 saturated carbocycles. The molecule has 1 aromatic heterocycles. The fourth-order valence-corrected chi connectivity index (χ4v) is 2.47. The minimum atomic E-state index is -0.213. The van der Waals surface area contributed by atoms with E-state index in [1.165, 1.54) is 6.07 Å². The molecule has 0 bridgehead atoms. The van der Waals surface area contributed by atoms with Gasteiger partial charge in [-0.05, 0) is 42.8 Å². The largest absolute Gasteiger partial charge is 0.309 e. The Morgan fingerprint density at radius 2 is 2.21 bits per heavy atom. The van der Waals surface area contributed by atoms with Gasteiger partial charge in [-0.15, -0.1) is 0 Å². The Kier molecular flexibility index (Phi) is 4.71. The van der Waals surface area contributed by atoms with Crippen LogP contribution in [0, 0.1) is 5.82 Å². The lowest BCUT2D eigenvalue weighted by molar-refractivity contribution is 0.525. The Balaban J connectivity index is 2.23. The normalized spacial score (nSPS) is 12.6. The van der Waals surface area contributed by atoms with Crippen molar-refractivity contribution in [2.45, 2.75) is 19.4 Å². The summed E-state index contributed by atoms with van der Waals surface area (Å²) >= 11 is 3.47. The molecule has 0 aliphatic carbocycles. The maximum absolute atomic E-state index is 13.3. The molecule has 2 rings (SSSR count). The summed E-state index contributed by atoms with van der Waals surface area (Å²) < 4.78 is 16.0. The van der Waals surface area contributed by atoms with Crippen molar-refractivity contribution in [3.05, 3.63) is 52.0 Å². The van der Waals surface area contributed by atoms with Gasteiger partial charge in [-0.25, -0.2) is 4.39 Å². The van der Waals surface area contributed by atoms with Gasteiger partial charge >= 0.3 is 0 Å². The molecule has 0 spiro atoms. The third-order valence-electron chi connectivity index (χ3n) is 2.97. The summed E-state index contributed by atoms with van der Waals surface area (Å²) in [6.07, 6.45) is 2.61.